The van der Waals surface area contributed by atoms with Gasteiger partial charge in [-0.3, -0.25) is 0 Å². The van der Waals surface area contributed by atoms with E-state index in [2.05, 4.69) is 22.9 Å². The molecule has 2 heterocycles. The number of aliphatic hydroxyl groups excluding tert-OH is 1. The molecule has 0 amide bonds. The molecule has 0 saturated carbocycles. The lowest BCUT2D eigenvalue weighted by Gasteiger charge is -1.96. The van der Waals surface area contributed by atoms with Gasteiger partial charge in [0, 0.05) is 5.39 Å². The second-order valence-corrected chi connectivity index (χ2v) is 4.42. The molecule has 80 valence electrons. The molecule has 0 radical (unpaired) electrons. The second-order valence-electron chi connectivity index (χ2n) is 3.64. The fraction of sp³-hybridized carbons (Fsp3) is 0.0769. The minimum atomic E-state index is -0.0531. The number of hydrogen-bond donors (Lipinski definition) is 1. The first kappa shape index (κ1) is 9.63. The average molecular weight is 230 g/mol. The predicted molar refractivity (Wildman–Crippen MR) is 65.4 cm³/mol. The van der Waals surface area contributed by atoms with Crippen LogP contribution in [0.25, 0.3) is 22.1 Å². The van der Waals surface area contributed by atoms with E-state index >= 15 is 0 Å². The van der Waals surface area contributed by atoms with Gasteiger partial charge in [0.25, 0.3) is 0 Å². The maximum atomic E-state index is 9.00. The molecule has 0 unspecified atom stereocenters. The van der Waals surface area contributed by atoms with Crippen LogP contribution in [-0.4, -0.2) is 5.11 Å². The smallest absolute Gasteiger partial charge is 0.134 e. The monoisotopic (exact) mass is 230 g/mol. The third kappa shape index (κ3) is 1.54. The van der Waals surface area contributed by atoms with E-state index in [1.54, 1.807) is 11.3 Å². The summed E-state index contributed by atoms with van der Waals surface area (Å²) in [7, 11) is 0. The number of rotatable bonds is 2. The van der Waals surface area contributed by atoms with Crippen LogP contribution in [0.2, 0.25) is 0 Å². The molecule has 3 heteroatoms. The third-order valence-corrected chi connectivity index (χ3v) is 3.26. The van der Waals surface area contributed by atoms with Crippen LogP contribution in [0.1, 0.15) is 5.76 Å². The quantitative estimate of drug-likeness (QED) is 0.729. The molecule has 0 aliphatic carbocycles. The third-order valence-electron chi connectivity index (χ3n) is 2.58. The summed E-state index contributed by atoms with van der Waals surface area (Å²) >= 11 is 1.69. The van der Waals surface area contributed by atoms with Crippen molar-refractivity contribution in [1.82, 2.24) is 0 Å². The molecule has 2 nitrogen and oxygen atoms in total. The highest BCUT2D eigenvalue weighted by Crippen LogP contribution is 2.27. The van der Waals surface area contributed by atoms with Gasteiger partial charge >= 0.3 is 0 Å². The first-order valence-corrected chi connectivity index (χ1v) is 5.97. The minimum absolute atomic E-state index is 0.0531. The summed E-state index contributed by atoms with van der Waals surface area (Å²) in [6, 6.07) is 10.0. The van der Waals surface area contributed by atoms with Crippen molar-refractivity contribution in [1.29, 1.82) is 0 Å². The van der Waals surface area contributed by atoms with Crippen molar-refractivity contribution in [3.63, 3.8) is 0 Å². The minimum Gasteiger partial charge on any atom is -0.459 e. The first-order valence-electron chi connectivity index (χ1n) is 5.03. The van der Waals surface area contributed by atoms with E-state index in [0.29, 0.717) is 5.76 Å². The lowest BCUT2D eigenvalue weighted by Crippen LogP contribution is -1.72. The lowest BCUT2D eigenvalue weighted by molar-refractivity contribution is 0.251. The number of fused-ring (bicyclic) bond motifs is 1. The molecule has 0 bridgehead atoms. The van der Waals surface area contributed by atoms with Crippen molar-refractivity contribution >= 4 is 22.3 Å². The van der Waals surface area contributed by atoms with E-state index in [-0.39, 0.29) is 6.61 Å². The van der Waals surface area contributed by atoms with E-state index < -0.39 is 0 Å². The van der Waals surface area contributed by atoms with Gasteiger partial charge in [-0.25, -0.2) is 0 Å². The number of hydrogen-bond acceptors (Lipinski definition) is 3. The molecule has 3 rings (SSSR count). The van der Waals surface area contributed by atoms with Crippen molar-refractivity contribution in [3.05, 3.63) is 46.9 Å². The van der Waals surface area contributed by atoms with Gasteiger partial charge in [0.05, 0.1) is 0 Å². The number of aliphatic hydroxyl groups is 1. The predicted octanol–water partition coefficient (Wildman–Crippen LogP) is 3.65. The highest BCUT2D eigenvalue weighted by atomic mass is 32.1. The van der Waals surface area contributed by atoms with Gasteiger partial charge in [-0.2, -0.15) is 11.3 Å². The zero-order valence-electron chi connectivity index (χ0n) is 8.51. The van der Waals surface area contributed by atoms with Gasteiger partial charge in [0.1, 0.15) is 18.0 Å². The maximum Gasteiger partial charge on any atom is 0.134 e. The Morgan fingerprint density at radius 2 is 2.06 bits per heavy atom. The number of furan rings is 1. The molecule has 0 fully saturated rings. The van der Waals surface area contributed by atoms with Crippen LogP contribution in [0.5, 0.6) is 0 Å². The fourth-order valence-electron chi connectivity index (χ4n) is 1.78. The Morgan fingerprint density at radius 1 is 1.12 bits per heavy atom. The van der Waals surface area contributed by atoms with Crippen LogP contribution >= 0.6 is 11.3 Å². The molecule has 1 N–H and O–H groups in total. The molecule has 0 aliphatic heterocycles. The van der Waals surface area contributed by atoms with E-state index in [4.69, 9.17) is 9.52 Å². The van der Waals surface area contributed by atoms with Crippen molar-refractivity contribution < 1.29 is 9.52 Å². The van der Waals surface area contributed by atoms with Crippen LogP contribution in [-0.2, 0) is 6.61 Å². The Labute approximate surface area is 96.8 Å². The van der Waals surface area contributed by atoms with Gasteiger partial charge in [-0.15, -0.1) is 0 Å². The summed E-state index contributed by atoms with van der Waals surface area (Å²) in [4.78, 5) is 0. The van der Waals surface area contributed by atoms with Crippen LogP contribution in [0, 0.1) is 0 Å². The van der Waals surface area contributed by atoms with Gasteiger partial charge in [0.15, 0.2) is 0 Å². The Hall–Kier alpha value is -1.58. The second kappa shape index (κ2) is 3.77. The van der Waals surface area contributed by atoms with Gasteiger partial charge in [0.2, 0.25) is 0 Å². The number of thiophene rings is 1. The molecule has 0 saturated heterocycles. The van der Waals surface area contributed by atoms with Crippen molar-refractivity contribution in [3.8, 4) is 11.1 Å². The molecule has 2 aromatic heterocycles. The first-order chi connectivity index (χ1) is 7.86. The van der Waals surface area contributed by atoms with Gasteiger partial charge in [-0.05, 0) is 46.2 Å². The van der Waals surface area contributed by atoms with E-state index in [1.165, 1.54) is 11.1 Å². The molecule has 16 heavy (non-hydrogen) atoms. The molecular formula is C13H10O2S. The molecule has 3 aromatic rings. The highest BCUT2D eigenvalue weighted by molar-refractivity contribution is 7.08. The normalized spacial score (nSPS) is 11.1. The summed E-state index contributed by atoms with van der Waals surface area (Å²) in [6.45, 7) is -0.0531. The summed E-state index contributed by atoms with van der Waals surface area (Å²) in [5.41, 5.74) is 3.22. The van der Waals surface area contributed by atoms with Crippen LogP contribution < -0.4 is 0 Å². The fourth-order valence-corrected chi connectivity index (χ4v) is 2.45. The Kier molecular flexibility index (Phi) is 2.27. The van der Waals surface area contributed by atoms with Gasteiger partial charge < -0.3 is 9.52 Å². The van der Waals surface area contributed by atoms with E-state index in [1.807, 2.05) is 18.2 Å². The average Bonchev–Trinajstić information content (AvgIpc) is 2.96. The molecular weight excluding hydrogens is 220 g/mol. The molecule has 1 aromatic carbocycles. The summed E-state index contributed by atoms with van der Waals surface area (Å²) in [5.74, 6) is 0.609. The van der Waals surface area contributed by atoms with E-state index in [9.17, 15) is 0 Å². The Balaban J connectivity index is 2.15. The van der Waals surface area contributed by atoms with Gasteiger partial charge in [-0.1, -0.05) is 6.07 Å². The van der Waals surface area contributed by atoms with Crippen LogP contribution in [0.15, 0.2) is 45.5 Å². The molecule has 0 spiro atoms. The molecule has 0 atom stereocenters. The van der Waals surface area contributed by atoms with Crippen molar-refractivity contribution in [2.75, 3.05) is 0 Å². The zero-order chi connectivity index (χ0) is 11.0. The lowest BCUT2D eigenvalue weighted by atomic mass is 10.1. The summed E-state index contributed by atoms with van der Waals surface area (Å²) in [5, 5.41) is 14.2. The maximum absolute atomic E-state index is 9.00. The highest BCUT2D eigenvalue weighted by Gasteiger charge is 2.05. The zero-order valence-corrected chi connectivity index (χ0v) is 9.33. The standard InChI is InChI=1S/C13H10O2S/c14-7-12-6-11-5-9(1-2-13(11)15-12)10-3-4-16-8-10/h1-6,8,14H,7H2. The summed E-state index contributed by atoms with van der Waals surface area (Å²) < 4.78 is 5.44. The van der Waals surface area contributed by atoms with Crippen LogP contribution in [0.3, 0.4) is 0 Å². The number of benzene rings is 1. The van der Waals surface area contributed by atoms with Crippen molar-refractivity contribution in [2.24, 2.45) is 0 Å². The summed E-state index contributed by atoms with van der Waals surface area (Å²) in [6.07, 6.45) is 0. The Morgan fingerprint density at radius 3 is 2.81 bits per heavy atom. The topological polar surface area (TPSA) is 33.4 Å². The van der Waals surface area contributed by atoms with E-state index in [0.717, 1.165) is 11.0 Å². The largest absolute Gasteiger partial charge is 0.459 e. The SMILES string of the molecule is OCc1cc2cc(-c3ccsc3)ccc2o1. The molecule has 0 aliphatic rings. The van der Waals surface area contributed by atoms with Crippen molar-refractivity contribution in [2.45, 2.75) is 6.61 Å². The van der Waals surface area contributed by atoms with Crippen LogP contribution in [0.4, 0.5) is 0 Å². The Bertz CT molecular complexity index is 608.